The molecule has 1 aliphatic heterocycles. The number of thiophene rings is 1. The van der Waals surface area contributed by atoms with Crippen molar-refractivity contribution >= 4 is 34.8 Å². The van der Waals surface area contributed by atoms with Crippen molar-refractivity contribution in [3.05, 3.63) is 86.6 Å². The van der Waals surface area contributed by atoms with Crippen molar-refractivity contribution in [3.63, 3.8) is 0 Å². The van der Waals surface area contributed by atoms with E-state index in [4.69, 9.17) is 16.3 Å². The maximum absolute atomic E-state index is 13.6. The van der Waals surface area contributed by atoms with Gasteiger partial charge in [-0.15, -0.1) is 11.3 Å². The van der Waals surface area contributed by atoms with Crippen molar-refractivity contribution in [2.24, 2.45) is 0 Å². The van der Waals surface area contributed by atoms with Crippen LogP contribution in [0, 0.1) is 6.92 Å². The van der Waals surface area contributed by atoms with E-state index in [-0.39, 0.29) is 30.4 Å². The fourth-order valence-corrected chi connectivity index (χ4v) is 5.49. The summed E-state index contributed by atoms with van der Waals surface area (Å²) in [5.74, 6) is 0.611. The first-order valence-corrected chi connectivity index (χ1v) is 12.9. The van der Waals surface area contributed by atoms with Crippen LogP contribution in [0.2, 0.25) is 5.02 Å². The quantitative estimate of drug-likeness (QED) is 0.434. The van der Waals surface area contributed by atoms with Crippen LogP contribution < -0.4 is 4.74 Å². The number of hydrogen-bond donors (Lipinski definition) is 0. The third-order valence-corrected chi connectivity index (χ3v) is 7.74. The highest BCUT2D eigenvalue weighted by Gasteiger charge is 2.38. The molecule has 1 aliphatic carbocycles. The summed E-state index contributed by atoms with van der Waals surface area (Å²) in [7, 11) is 0. The van der Waals surface area contributed by atoms with Gasteiger partial charge in [-0.25, -0.2) is 0 Å². The second kappa shape index (κ2) is 9.80. The number of hydrogen-bond acceptors (Lipinski definition) is 4. The van der Waals surface area contributed by atoms with E-state index in [0.717, 1.165) is 30.4 Å². The van der Waals surface area contributed by atoms with E-state index in [2.05, 4.69) is 11.4 Å². The monoisotopic (exact) mass is 494 g/mol. The van der Waals surface area contributed by atoms with Gasteiger partial charge in [0.05, 0.1) is 6.04 Å². The molecule has 0 saturated heterocycles. The highest BCUT2D eigenvalue weighted by Crippen LogP contribution is 2.35. The van der Waals surface area contributed by atoms with Gasteiger partial charge in [-0.2, -0.15) is 0 Å². The van der Waals surface area contributed by atoms with Gasteiger partial charge in [0.15, 0.2) is 0 Å². The lowest BCUT2D eigenvalue weighted by molar-refractivity contribution is -0.135. The number of fused-ring (bicyclic) bond motifs is 1. The summed E-state index contributed by atoms with van der Waals surface area (Å²) in [6, 6.07) is 16.9. The maximum Gasteiger partial charge on any atom is 0.254 e. The lowest BCUT2D eigenvalue weighted by Gasteiger charge is -2.37. The topological polar surface area (TPSA) is 49.9 Å². The average molecular weight is 495 g/mol. The van der Waals surface area contributed by atoms with Gasteiger partial charge in [0.2, 0.25) is 5.91 Å². The van der Waals surface area contributed by atoms with Gasteiger partial charge in [0.25, 0.3) is 5.91 Å². The number of aryl methyl sites for hydroxylation is 1. The van der Waals surface area contributed by atoms with Crippen LogP contribution in [-0.2, 0) is 11.2 Å². The molecule has 2 heterocycles. The van der Waals surface area contributed by atoms with Gasteiger partial charge in [-0.05, 0) is 79.6 Å². The fourth-order valence-electron chi connectivity index (χ4n) is 4.43. The molecule has 7 heteroatoms. The number of benzene rings is 2. The number of rotatable bonds is 7. The van der Waals surface area contributed by atoms with E-state index in [1.165, 1.54) is 4.88 Å². The summed E-state index contributed by atoms with van der Waals surface area (Å²) in [4.78, 5) is 31.8. The standard InChI is InChI=1S/C27H27ClN2O3S/c1-18-2-4-19(5-3-18)27(32)30(21-8-9-21)16-26(31)29-14-12-25-23(13-15-34-25)24(29)17-33-22-10-6-20(28)7-11-22/h2-7,10-11,13,15,21,24H,8-9,12,14,16-17H2,1H3. The summed E-state index contributed by atoms with van der Waals surface area (Å²) in [5, 5.41) is 2.73. The van der Waals surface area contributed by atoms with Crippen molar-refractivity contribution in [2.45, 2.75) is 38.3 Å². The molecular formula is C27H27ClN2O3S. The minimum Gasteiger partial charge on any atom is -0.491 e. The first kappa shape index (κ1) is 22.9. The Bertz CT molecular complexity index is 1170. The first-order chi connectivity index (χ1) is 16.5. The molecule has 2 amide bonds. The molecule has 1 unspecified atom stereocenters. The Balaban J connectivity index is 1.33. The summed E-state index contributed by atoms with van der Waals surface area (Å²) in [5.41, 5.74) is 2.88. The molecule has 0 spiro atoms. The number of nitrogens with zero attached hydrogens (tertiary/aromatic N) is 2. The second-order valence-electron chi connectivity index (χ2n) is 8.95. The van der Waals surface area contributed by atoms with E-state index >= 15 is 0 Å². The van der Waals surface area contributed by atoms with Gasteiger partial charge in [0, 0.05) is 28.0 Å². The Morgan fingerprint density at radius 2 is 1.82 bits per heavy atom. The van der Waals surface area contributed by atoms with Crippen LogP contribution >= 0.6 is 22.9 Å². The zero-order chi connectivity index (χ0) is 23.7. The normalized spacial score (nSPS) is 17.2. The highest BCUT2D eigenvalue weighted by atomic mass is 35.5. The fraction of sp³-hybridized carbons (Fsp3) is 0.333. The van der Waals surface area contributed by atoms with Gasteiger partial charge < -0.3 is 14.5 Å². The molecular weight excluding hydrogens is 468 g/mol. The third-order valence-electron chi connectivity index (χ3n) is 6.49. The Morgan fingerprint density at radius 1 is 1.09 bits per heavy atom. The smallest absolute Gasteiger partial charge is 0.254 e. The van der Waals surface area contributed by atoms with Crippen molar-refractivity contribution in [2.75, 3.05) is 19.7 Å². The lowest BCUT2D eigenvalue weighted by atomic mass is 10.0. The van der Waals surface area contributed by atoms with Crippen molar-refractivity contribution in [1.29, 1.82) is 0 Å². The molecule has 1 aromatic heterocycles. The van der Waals surface area contributed by atoms with Crippen LogP contribution in [0.15, 0.2) is 60.0 Å². The van der Waals surface area contributed by atoms with Gasteiger partial charge in [-0.3, -0.25) is 9.59 Å². The van der Waals surface area contributed by atoms with E-state index in [9.17, 15) is 9.59 Å². The molecule has 3 aromatic rings. The highest BCUT2D eigenvalue weighted by molar-refractivity contribution is 7.10. The summed E-state index contributed by atoms with van der Waals surface area (Å²) >= 11 is 7.72. The predicted molar refractivity (Wildman–Crippen MR) is 135 cm³/mol. The van der Waals surface area contributed by atoms with Crippen molar-refractivity contribution in [3.8, 4) is 5.75 Å². The largest absolute Gasteiger partial charge is 0.491 e. The van der Waals surface area contributed by atoms with Crippen LogP contribution in [0.3, 0.4) is 0 Å². The molecule has 5 nitrogen and oxygen atoms in total. The number of halogens is 1. The molecule has 2 aromatic carbocycles. The first-order valence-electron chi connectivity index (χ1n) is 11.6. The van der Waals surface area contributed by atoms with Crippen LogP contribution in [0.5, 0.6) is 5.75 Å². The molecule has 0 N–H and O–H groups in total. The van der Waals surface area contributed by atoms with Gasteiger partial charge in [-0.1, -0.05) is 29.3 Å². The number of carbonyl (C=O) groups is 2. The minimum absolute atomic E-state index is 0.0334. The zero-order valence-corrected chi connectivity index (χ0v) is 20.6. The Labute approximate surface area is 208 Å². The van der Waals surface area contributed by atoms with Crippen LogP contribution in [0.4, 0.5) is 0 Å². The Hall–Kier alpha value is -2.83. The van der Waals surface area contributed by atoms with E-state index in [0.29, 0.717) is 29.5 Å². The van der Waals surface area contributed by atoms with Crippen LogP contribution in [0.1, 0.15) is 45.2 Å². The zero-order valence-electron chi connectivity index (χ0n) is 19.1. The SMILES string of the molecule is Cc1ccc(C(=O)N(CC(=O)N2CCc3sccc3C2COc2ccc(Cl)cc2)C2CC2)cc1. The van der Waals surface area contributed by atoms with Crippen molar-refractivity contribution < 1.29 is 14.3 Å². The average Bonchev–Trinajstić information content (AvgIpc) is 3.57. The molecule has 1 fully saturated rings. The molecule has 5 rings (SSSR count). The molecule has 2 aliphatic rings. The number of carbonyl (C=O) groups excluding carboxylic acids is 2. The summed E-state index contributed by atoms with van der Waals surface area (Å²) in [6.45, 7) is 3.07. The van der Waals surface area contributed by atoms with Gasteiger partial charge >= 0.3 is 0 Å². The predicted octanol–water partition coefficient (Wildman–Crippen LogP) is 5.52. The molecule has 1 saturated carbocycles. The Kier molecular flexibility index (Phi) is 6.61. The maximum atomic E-state index is 13.6. The molecule has 1 atom stereocenters. The third kappa shape index (κ3) is 4.98. The Morgan fingerprint density at radius 3 is 2.53 bits per heavy atom. The van der Waals surface area contributed by atoms with E-state index < -0.39 is 0 Å². The molecule has 176 valence electrons. The number of ether oxygens (including phenoxy) is 1. The van der Waals surface area contributed by atoms with E-state index in [1.807, 2.05) is 48.2 Å². The molecule has 34 heavy (non-hydrogen) atoms. The summed E-state index contributed by atoms with van der Waals surface area (Å²) < 4.78 is 6.07. The number of amides is 2. The van der Waals surface area contributed by atoms with Gasteiger partial charge in [0.1, 0.15) is 18.9 Å². The van der Waals surface area contributed by atoms with Crippen molar-refractivity contribution in [1.82, 2.24) is 9.80 Å². The second-order valence-corrected chi connectivity index (χ2v) is 10.4. The van der Waals surface area contributed by atoms with Crippen LogP contribution in [0.25, 0.3) is 0 Å². The molecule has 0 radical (unpaired) electrons. The lowest BCUT2D eigenvalue weighted by Crippen LogP contribution is -2.48. The summed E-state index contributed by atoms with van der Waals surface area (Å²) in [6.07, 6.45) is 2.72. The molecule has 0 bridgehead atoms. The van der Waals surface area contributed by atoms with E-state index in [1.54, 1.807) is 28.4 Å². The van der Waals surface area contributed by atoms with Crippen LogP contribution in [-0.4, -0.2) is 47.4 Å². The minimum atomic E-state index is -0.186.